The second-order valence-electron chi connectivity index (χ2n) is 7.34. The molecule has 0 bridgehead atoms. The summed E-state index contributed by atoms with van der Waals surface area (Å²) in [4.78, 5) is 11.4. The lowest BCUT2D eigenvalue weighted by atomic mass is 9.98. The van der Waals surface area contributed by atoms with Crippen LogP contribution in [0.3, 0.4) is 0 Å². The predicted octanol–water partition coefficient (Wildman–Crippen LogP) is 4.10. The standard InChI is InChI=1S/C22H23N5O/c1-2-27-22(24-15-25-27)14-26-10-8-18(13-26)16-7-9-23-19(11-16)21-12-17-5-3-4-6-20(17)28-21/h3-7,9,11-12,15,18H,2,8,10,13-14H2,1H3. The van der Waals surface area contributed by atoms with Crippen LogP contribution in [0.25, 0.3) is 22.4 Å². The van der Waals surface area contributed by atoms with Gasteiger partial charge in [-0.2, -0.15) is 5.10 Å². The number of hydrogen-bond acceptors (Lipinski definition) is 5. The summed E-state index contributed by atoms with van der Waals surface area (Å²) in [5.41, 5.74) is 3.12. The highest BCUT2D eigenvalue weighted by Crippen LogP contribution is 2.32. The van der Waals surface area contributed by atoms with Gasteiger partial charge in [0.1, 0.15) is 23.4 Å². The molecule has 28 heavy (non-hydrogen) atoms. The van der Waals surface area contributed by atoms with E-state index in [0.29, 0.717) is 5.92 Å². The molecule has 1 atom stereocenters. The number of likely N-dealkylation sites (tertiary alicyclic amines) is 1. The summed E-state index contributed by atoms with van der Waals surface area (Å²) in [6, 6.07) is 14.5. The Labute approximate surface area is 163 Å². The van der Waals surface area contributed by atoms with Gasteiger partial charge in [0.05, 0.1) is 6.54 Å². The van der Waals surface area contributed by atoms with Crippen LogP contribution < -0.4 is 0 Å². The highest BCUT2D eigenvalue weighted by molar-refractivity contribution is 5.82. The Morgan fingerprint density at radius 1 is 1.14 bits per heavy atom. The van der Waals surface area contributed by atoms with Crippen molar-refractivity contribution in [2.45, 2.75) is 32.4 Å². The van der Waals surface area contributed by atoms with Gasteiger partial charge in [-0.25, -0.2) is 9.67 Å². The van der Waals surface area contributed by atoms with E-state index in [1.165, 1.54) is 5.56 Å². The van der Waals surface area contributed by atoms with E-state index in [2.05, 4.69) is 51.2 Å². The molecule has 3 aromatic heterocycles. The molecule has 6 nitrogen and oxygen atoms in total. The first-order chi connectivity index (χ1) is 13.8. The number of para-hydroxylation sites is 1. The van der Waals surface area contributed by atoms with E-state index in [0.717, 1.165) is 60.8 Å². The SMILES string of the molecule is CCn1ncnc1CN1CCC(c2ccnc(-c3cc4ccccc4o3)c2)C1. The lowest BCUT2D eigenvalue weighted by Crippen LogP contribution is -2.22. The third-order valence-electron chi connectivity index (χ3n) is 5.57. The van der Waals surface area contributed by atoms with Crippen molar-refractivity contribution in [3.8, 4) is 11.5 Å². The lowest BCUT2D eigenvalue weighted by molar-refractivity contribution is 0.310. The van der Waals surface area contributed by atoms with Crippen molar-refractivity contribution in [1.82, 2.24) is 24.6 Å². The third kappa shape index (κ3) is 3.20. The molecule has 4 aromatic rings. The normalized spacial score (nSPS) is 17.5. The van der Waals surface area contributed by atoms with Crippen LogP contribution in [-0.2, 0) is 13.1 Å². The molecule has 1 aromatic carbocycles. The number of rotatable bonds is 5. The van der Waals surface area contributed by atoms with Crippen molar-refractivity contribution in [1.29, 1.82) is 0 Å². The average Bonchev–Trinajstić information content (AvgIpc) is 3.47. The molecule has 142 valence electrons. The Hall–Kier alpha value is -2.99. The maximum atomic E-state index is 6.00. The van der Waals surface area contributed by atoms with Crippen LogP contribution in [0, 0.1) is 0 Å². The molecule has 4 heterocycles. The second-order valence-corrected chi connectivity index (χ2v) is 7.34. The Morgan fingerprint density at radius 2 is 2.07 bits per heavy atom. The van der Waals surface area contributed by atoms with Crippen LogP contribution in [0.1, 0.15) is 30.7 Å². The van der Waals surface area contributed by atoms with E-state index < -0.39 is 0 Å². The van der Waals surface area contributed by atoms with Crippen LogP contribution in [0.5, 0.6) is 0 Å². The molecule has 0 spiro atoms. The fraction of sp³-hybridized carbons (Fsp3) is 0.318. The molecule has 5 rings (SSSR count). The summed E-state index contributed by atoms with van der Waals surface area (Å²) in [5.74, 6) is 2.37. The number of aryl methyl sites for hydroxylation is 1. The number of furan rings is 1. The Kier molecular flexibility index (Phi) is 4.41. The van der Waals surface area contributed by atoms with Crippen LogP contribution in [0.4, 0.5) is 0 Å². The molecule has 0 N–H and O–H groups in total. The molecular formula is C22H23N5O. The number of pyridine rings is 1. The molecule has 0 amide bonds. The molecule has 6 heteroatoms. The number of nitrogens with zero attached hydrogens (tertiary/aromatic N) is 5. The molecule has 0 saturated carbocycles. The fourth-order valence-electron chi connectivity index (χ4n) is 4.07. The highest BCUT2D eigenvalue weighted by Gasteiger charge is 2.25. The Balaban J connectivity index is 1.34. The van der Waals surface area contributed by atoms with Gasteiger partial charge in [-0.15, -0.1) is 0 Å². The number of hydrogen-bond donors (Lipinski definition) is 0. The maximum Gasteiger partial charge on any atom is 0.153 e. The predicted molar refractivity (Wildman–Crippen MR) is 108 cm³/mol. The van der Waals surface area contributed by atoms with Gasteiger partial charge in [0, 0.05) is 24.7 Å². The molecule has 0 aliphatic carbocycles. The van der Waals surface area contributed by atoms with Crippen molar-refractivity contribution < 1.29 is 4.42 Å². The number of fused-ring (bicyclic) bond motifs is 1. The van der Waals surface area contributed by atoms with Crippen LogP contribution in [-0.4, -0.2) is 37.7 Å². The fourth-order valence-corrected chi connectivity index (χ4v) is 4.07. The summed E-state index contributed by atoms with van der Waals surface area (Å²) in [6.45, 7) is 5.91. The monoisotopic (exact) mass is 373 g/mol. The minimum atomic E-state index is 0.504. The molecule has 1 aliphatic heterocycles. The maximum absolute atomic E-state index is 6.00. The minimum Gasteiger partial charge on any atom is -0.454 e. The number of benzene rings is 1. The van der Waals surface area contributed by atoms with Crippen LogP contribution >= 0.6 is 0 Å². The van der Waals surface area contributed by atoms with Crippen molar-refractivity contribution in [3.05, 3.63) is 66.4 Å². The largest absolute Gasteiger partial charge is 0.454 e. The first kappa shape index (κ1) is 17.1. The van der Waals surface area contributed by atoms with E-state index >= 15 is 0 Å². The molecule has 1 fully saturated rings. The topological polar surface area (TPSA) is 60.0 Å². The minimum absolute atomic E-state index is 0.504. The van der Waals surface area contributed by atoms with Gasteiger partial charge < -0.3 is 4.42 Å². The summed E-state index contributed by atoms with van der Waals surface area (Å²) in [7, 11) is 0. The van der Waals surface area contributed by atoms with E-state index in [9.17, 15) is 0 Å². The van der Waals surface area contributed by atoms with Crippen molar-refractivity contribution in [3.63, 3.8) is 0 Å². The molecule has 1 aliphatic rings. The highest BCUT2D eigenvalue weighted by atomic mass is 16.3. The van der Waals surface area contributed by atoms with Crippen molar-refractivity contribution in [2.24, 2.45) is 0 Å². The Bertz CT molecular complexity index is 1070. The summed E-state index contributed by atoms with van der Waals surface area (Å²) in [6.07, 6.45) is 4.69. The van der Waals surface area contributed by atoms with E-state index in [1.54, 1.807) is 6.33 Å². The van der Waals surface area contributed by atoms with Crippen molar-refractivity contribution in [2.75, 3.05) is 13.1 Å². The smallest absolute Gasteiger partial charge is 0.153 e. The number of aromatic nitrogens is 4. The molecule has 0 radical (unpaired) electrons. The van der Waals surface area contributed by atoms with E-state index in [4.69, 9.17) is 4.42 Å². The molecule has 1 unspecified atom stereocenters. The first-order valence-corrected chi connectivity index (χ1v) is 9.84. The van der Waals surface area contributed by atoms with Crippen LogP contribution in [0.2, 0.25) is 0 Å². The zero-order valence-corrected chi connectivity index (χ0v) is 16.0. The van der Waals surface area contributed by atoms with Gasteiger partial charge in [-0.05, 0) is 55.6 Å². The zero-order valence-electron chi connectivity index (χ0n) is 16.0. The second kappa shape index (κ2) is 7.20. The van der Waals surface area contributed by atoms with E-state index in [-0.39, 0.29) is 0 Å². The first-order valence-electron chi connectivity index (χ1n) is 9.84. The molecular weight excluding hydrogens is 350 g/mol. The van der Waals surface area contributed by atoms with Gasteiger partial charge in [0.2, 0.25) is 0 Å². The quantitative estimate of drug-likeness (QED) is 0.527. The summed E-state index contributed by atoms with van der Waals surface area (Å²) >= 11 is 0. The summed E-state index contributed by atoms with van der Waals surface area (Å²) in [5, 5.41) is 5.39. The van der Waals surface area contributed by atoms with Crippen molar-refractivity contribution >= 4 is 11.0 Å². The third-order valence-corrected chi connectivity index (χ3v) is 5.57. The molecule has 1 saturated heterocycles. The van der Waals surface area contributed by atoms with Gasteiger partial charge >= 0.3 is 0 Å². The summed E-state index contributed by atoms with van der Waals surface area (Å²) < 4.78 is 7.97. The van der Waals surface area contributed by atoms with Gasteiger partial charge in [0.25, 0.3) is 0 Å². The van der Waals surface area contributed by atoms with Gasteiger partial charge in [-0.3, -0.25) is 9.88 Å². The van der Waals surface area contributed by atoms with Gasteiger partial charge in [-0.1, -0.05) is 18.2 Å². The lowest BCUT2D eigenvalue weighted by Gasteiger charge is -2.16. The van der Waals surface area contributed by atoms with Gasteiger partial charge in [0.15, 0.2) is 5.76 Å². The average molecular weight is 373 g/mol. The zero-order chi connectivity index (χ0) is 18.9. The van der Waals surface area contributed by atoms with Crippen LogP contribution in [0.15, 0.2) is 59.4 Å². The van der Waals surface area contributed by atoms with E-state index in [1.807, 2.05) is 29.1 Å². The Morgan fingerprint density at radius 3 is 2.96 bits per heavy atom.